The summed E-state index contributed by atoms with van der Waals surface area (Å²) in [4.78, 5) is 23.8. The largest absolute Gasteiger partial charge is 0.573 e. The van der Waals surface area contributed by atoms with Crippen molar-refractivity contribution in [3.8, 4) is 11.5 Å². The van der Waals surface area contributed by atoms with E-state index in [9.17, 15) is 26.4 Å². The summed E-state index contributed by atoms with van der Waals surface area (Å²) in [6, 6.07) is 12.6. The van der Waals surface area contributed by atoms with E-state index in [0.717, 1.165) is 17.8 Å². The van der Waals surface area contributed by atoms with Crippen LogP contribution in [0.3, 0.4) is 0 Å². The van der Waals surface area contributed by atoms with Gasteiger partial charge in [-0.1, -0.05) is 0 Å². The molecule has 1 N–H and O–H groups in total. The van der Waals surface area contributed by atoms with Gasteiger partial charge in [-0.2, -0.15) is 0 Å². The van der Waals surface area contributed by atoms with Crippen LogP contribution in [0, 0.1) is 0 Å². The lowest BCUT2D eigenvalue weighted by Gasteiger charge is -2.36. The standard InChI is InChI=1S/C23H22F3N5O5S.H2/c24-23(25,26)36-19-5-3-18(4-6-19)35-15-22(32)31-13-11-30(12-14-31)17-1-7-20(8-2-17)37(33,34)29-21-9-10-27-16-28-21;/h1-10,16H,11-15H2,(H,27,28,29);1H. The first kappa shape index (κ1) is 26.0. The fraction of sp³-hybridized carbons (Fsp3) is 0.261. The number of nitrogens with zero attached hydrogens (tertiary/aromatic N) is 4. The molecule has 1 fully saturated rings. The highest BCUT2D eigenvalue weighted by molar-refractivity contribution is 7.92. The van der Waals surface area contributed by atoms with Crippen molar-refractivity contribution >= 4 is 27.4 Å². The zero-order valence-electron chi connectivity index (χ0n) is 19.3. The summed E-state index contributed by atoms with van der Waals surface area (Å²) >= 11 is 0. The van der Waals surface area contributed by atoms with Crippen LogP contribution in [0.4, 0.5) is 24.7 Å². The van der Waals surface area contributed by atoms with E-state index >= 15 is 0 Å². The average Bonchev–Trinajstić information content (AvgIpc) is 2.88. The Morgan fingerprint density at radius 3 is 2.22 bits per heavy atom. The number of nitrogens with one attached hydrogen (secondary N) is 1. The second-order valence-electron chi connectivity index (χ2n) is 7.87. The summed E-state index contributed by atoms with van der Waals surface area (Å²) in [6.07, 6.45) is -2.11. The molecule has 2 aromatic carbocycles. The van der Waals surface area contributed by atoms with Crippen LogP contribution in [0.1, 0.15) is 1.43 Å². The number of hydrogen-bond acceptors (Lipinski definition) is 8. The first-order valence-corrected chi connectivity index (χ1v) is 12.5. The summed E-state index contributed by atoms with van der Waals surface area (Å²) in [6.45, 7) is 1.65. The number of sulfonamides is 1. The molecular formula is C23H24F3N5O5S. The van der Waals surface area contributed by atoms with E-state index in [2.05, 4.69) is 19.4 Å². The highest BCUT2D eigenvalue weighted by atomic mass is 32.2. The maximum absolute atomic E-state index is 12.6. The van der Waals surface area contributed by atoms with Crippen molar-refractivity contribution in [1.82, 2.24) is 14.9 Å². The number of carbonyl (C=O) groups excluding carboxylic acids is 1. The smallest absolute Gasteiger partial charge is 0.484 e. The minimum absolute atomic E-state index is 0. The number of ether oxygens (including phenoxy) is 2. The summed E-state index contributed by atoms with van der Waals surface area (Å²) < 4.78 is 73.4. The SMILES string of the molecule is O=C(COc1ccc(OC(F)(F)F)cc1)N1CCN(c2ccc(S(=O)(=O)Nc3ccncn3)cc2)CC1.[HH]. The van der Waals surface area contributed by atoms with Crippen molar-refractivity contribution in [2.24, 2.45) is 0 Å². The van der Waals surface area contributed by atoms with Gasteiger partial charge in [-0.05, 0) is 54.6 Å². The number of carbonyl (C=O) groups is 1. The molecule has 0 bridgehead atoms. The highest BCUT2D eigenvalue weighted by Gasteiger charge is 2.31. The summed E-state index contributed by atoms with van der Waals surface area (Å²) in [7, 11) is -3.80. The molecule has 3 aromatic rings. The van der Waals surface area contributed by atoms with Gasteiger partial charge in [0.05, 0.1) is 4.90 Å². The average molecular weight is 540 g/mol. The third-order valence-corrected chi connectivity index (χ3v) is 6.76. The third-order valence-electron chi connectivity index (χ3n) is 5.39. The van der Waals surface area contributed by atoms with Crippen LogP contribution in [-0.2, 0) is 14.8 Å². The normalized spacial score (nSPS) is 14.2. The minimum atomic E-state index is -4.78. The Bertz CT molecular complexity index is 1310. The third kappa shape index (κ3) is 7.22. The molecule has 1 saturated heterocycles. The molecule has 37 heavy (non-hydrogen) atoms. The van der Waals surface area contributed by atoms with Crippen LogP contribution in [0.15, 0.2) is 72.0 Å². The van der Waals surface area contributed by atoms with E-state index in [0.29, 0.717) is 26.2 Å². The fourth-order valence-corrected chi connectivity index (χ4v) is 4.58. The van der Waals surface area contributed by atoms with E-state index in [4.69, 9.17) is 4.74 Å². The van der Waals surface area contributed by atoms with Crippen LogP contribution in [0.5, 0.6) is 11.5 Å². The van der Waals surface area contributed by atoms with Gasteiger partial charge in [-0.3, -0.25) is 9.52 Å². The predicted octanol–water partition coefficient (Wildman–Crippen LogP) is 3.15. The van der Waals surface area contributed by atoms with Gasteiger partial charge in [0.15, 0.2) is 6.61 Å². The zero-order chi connectivity index (χ0) is 26.5. The Morgan fingerprint density at radius 1 is 0.973 bits per heavy atom. The lowest BCUT2D eigenvalue weighted by atomic mass is 10.2. The van der Waals surface area contributed by atoms with E-state index in [-0.39, 0.29) is 36.2 Å². The maximum Gasteiger partial charge on any atom is 0.573 e. The Hall–Kier alpha value is -4.07. The zero-order valence-corrected chi connectivity index (χ0v) is 20.1. The lowest BCUT2D eigenvalue weighted by Crippen LogP contribution is -2.50. The van der Waals surface area contributed by atoms with Crippen LogP contribution in [0.25, 0.3) is 0 Å². The first-order valence-electron chi connectivity index (χ1n) is 11.0. The van der Waals surface area contributed by atoms with Crippen molar-refractivity contribution in [2.75, 3.05) is 42.4 Å². The quantitative estimate of drug-likeness (QED) is 0.465. The number of anilines is 2. The van der Waals surface area contributed by atoms with Crippen molar-refractivity contribution in [3.63, 3.8) is 0 Å². The molecule has 198 valence electrons. The van der Waals surface area contributed by atoms with Crippen LogP contribution >= 0.6 is 0 Å². The molecule has 0 atom stereocenters. The molecule has 1 aliphatic heterocycles. The van der Waals surface area contributed by atoms with E-state index in [1.807, 2.05) is 4.90 Å². The first-order chi connectivity index (χ1) is 17.6. The fourth-order valence-electron chi connectivity index (χ4n) is 3.57. The van der Waals surface area contributed by atoms with Crippen molar-refractivity contribution in [1.29, 1.82) is 0 Å². The molecule has 14 heteroatoms. The lowest BCUT2D eigenvalue weighted by molar-refractivity contribution is -0.274. The summed E-state index contributed by atoms with van der Waals surface area (Å²) in [5.41, 5.74) is 0.811. The van der Waals surface area contributed by atoms with Gasteiger partial charge in [0, 0.05) is 39.5 Å². The molecule has 1 aromatic heterocycles. The van der Waals surface area contributed by atoms with Crippen molar-refractivity contribution in [3.05, 3.63) is 67.1 Å². The number of rotatable bonds is 8. The molecular weight excluding hydrogens is 515 g/mol. The number of piperazine rings is 1. The van der Waals surface area contributed by atoms with E-state index in [1.54, 1.807) is 17.0 Å². The second-order valence-corrected chi connectivity index (χ2v) is 9.55. The Morgan fingerprint density at radius 2 is 1.62 bits per heavy atom. The highest BCUT2D eigenvalue weighted by Crippen LogP contribution is 2.25. The molecule has 0 saturated carbocycles. The number of benzene rings is 2. The van der Waals surface area contributed by atoms with Crippen LogP contribution < -0.4 is 19.1 Å². The molecule has 0 radical (unpaired) electrons. The molecule has 0 spiro atoms. The second kappa shape index (κ2) is 10.9. The van der Waals surface area contributed by atoms with Gasteiger partial charge < -0.3 is 19.3 Å². The molecule has 1 aliphatic rings. The van der Waals surface area contributed by atoms with Gasteiger partial charge in [-0.15, -0.1) is 13.2 Å². The maximum atomic E-state index is 12.6. The number of hydrogen-bond donors (Lipinski definition) is 1. The van der Waals surface area contributed by atoms with Gasteiger partial charge in [0.2, 0.25) is 0 Å². The van der Waals surface area contributed by atoms with E-state index in [1.165, 1.54) is 42.9 Å². The van der Waals surface area contributed by atoms with Crippen molar-refractivity contribution in [2.45, 2.75) is 11.3 Å². The summed E-state index contributed by atoms with van der Waals surface area (Å²) in [5, 5.41) is 0. The van der Waals surface area contributed by atoms with Crippen molar-refractivity contribution < 1.29 is 37.3 Å². The molecule has 0 unspecified atom stereocenters. The number of halogens is 3. The number of aromatic nitrogens is 2. The molecule has 0 aliphatic carbocycles. The molecule has 10 nitrogen and oxygen atoms in total. The number of amides is 1. The Balaban J connectivity index is 0.00000400. The minimum Gasteiger partial charge on any atom is -0.484 e. The monoisotopic (exact) mass is 539 g/mol. The molecule has 4 rings (SSSR count). The summed E-state index contributed by atoms with van der Waals surface area (Å²) in [5.74, 6) is -0.232. The van der Waals surface area contributed by atoms with E-state index < -0.39 is 16.4 Å². The van der Waals surface area contributed by atoms with Gasteiger partial charge in [0.25, 0.3) is 15.9 Å². The van der Waals surface area contributed by atoms with Gasteiger partial charge in [-0.25, -0.2) is 18.4 Å². The topological polar surface area (TPSA) is 114 Å². The Labute approximate surface area is 212 Å². The van der Waals surface area contributed by atoms with Gasteiger partial charge in [0.1, 0.15) is 23.6 Å². The predicted molar refractivity (Wildman–Crippen MR) is 129 cm³/mol. The molecule has 1 amide bonds. The Kier molecular flexibility index (Phi) is 7.66. The van der Waals surface area contributed by atoms with Crippen LogP contribution in [-0.4, -0.2) is 68.3 Å². The van der Waals surface area contributed by atoms with Crippen LogP contribution in [0.2, 0.25) is 0 Å². The van der Waals surface area contributed by atoms with Gasteiger partial charge >= 0.3 is 6.36 Å². The molecule has 2 heterocycles. The number of alkyl halides is 3.